The van der Waals surface area contributed by atoms with Crippen LogP contribution >= 0.6 is 13.5 Å². The summed E-state index contributed by atoms with van der Waals surface area (Å²) in [6.45, 7) is 6.80. The van der Waals surface area contributed by atoms with Gasteiger partial charge in [-0.05, 0) is 17.1 Å². The Morgan fingerprint density at radius 1 is 1.09 bits per heavy atom. The number of hydrogen-bond acceptors (Lipinski definition) is 1. The number of ether oxygens (including phenoxy) is 1. The van der Waals surface area contributed by atoms with Crippen molar-refractivity contribution in [2.24, 2.45) is 0 Å². The second kappa shape index (κ2) is 9.57. The average molecular weight is 320 g/mol. The Bertz CT molecular complexity index is 560. The average Bonchev–Trinajstić information content (AvgIpc) is 2.45. The number of hydrogen-bond donors (Lipinski definition) is 0. The van der Waals surface area contributed by atoms with Gasteiger partial charge in [-0.25, -0.2) is 4.39 Å². The lowest BCUT2D eigenvalue weighted by molar-refractivity contribution is 0.294. The van der Waals surface area contributed by atoms with Gasteiger partial charge in [-0.1, -0.05) is 64.4 Å². The maximum Gasteiger partial charge on any atom is 0.173 e. The van der Waals surface area contributed by atoms with Crippen molar-refractivity contribution in [3.63, 3.8) is 0 Å². The van der Waals surface area contributed by atoms with Gasteiger partial charge >= 0.3 is 0 Å². The lowest BCUT2D eigenvalue weighted by atomic mass is 9.49. The molecule has 2 aromatic rings. The molecule has 0 saturated heterocycles. The molecule has 0 amide bonds. The molecular formula is C18H26BFOS. The van der Waals surface area contributed by atoms with Crippen LogP contribution in [-0.2, 0) is 0 Å². The fourth-order valence-corrected chi connectivity index (χ4v) is 2.16. The van der Waals surface area contributed by atoms with Gasteiger partial charge in [-0.3, -0.25) is 0 Å². The van der Waals surface area contributed by atoms with Crippen molar-refractivity contribution in [3.05, 3.63) is 59.9 Å². The third-order valence-electron chi connectivity index (χ3n) is 3.46. The molecule has 4 heteroatoms. The maximum atomic E-state index is 13.9. The smallest absolute Gasteiger partial charge is 0.173 e. The minimum atomic E-state index is -0.190. The molecule has 0 aliphatic heterocycles. The van der Waals surface area contributed by atoms with Crippen LogP contribution in [0.1, 0.15) is 25.8 Å². The van der Waals surface area contributed by atoms with E-state index in [-0.39, 0.29) is 39.4 Å². The molecule has 0 unspecified atom stereocenters. The lowest BCUT2D eigenvalue weighted by Gasteiger charge is -2.14. The summed E-state index contributed by atoms with van der Waals surface area (Å²) in [6, 6.07) is 15.3. The molecule has 1 nitrogen and oxygen atoms in total. The highest BCUT2D eigenvalue weighted by Gasteiger charge is 2.11. The quantitative estimate of drug-likeness (QED) is 0.725. The zero-order chi connectivity index (χ0) is 14.5. The number of benzene rings is 2. The molecule has 0 fully saturated rings. The highest BCUT2D eigenvalue weighted by atomic mass is 32.1. The Morgan fingerprint density at radius 3 is 2.27 bits per heavy atom. The minimum absolute atomic E-state index is 0. The summed E-state index contributed by atoms with van der Waals surface area (Å²) in [6.07, 6.45) is 0. The highest BCUT2D eigenvalue weighted by Crippen LogP contribution is 2.18. The fourth-order valence-electron chi connectivity index (χ4n) is 2.16. The second-order valence-electron chi connectivity index (χ2n) is 5.46. The number of halogens is 1. The first kappa shape index (κ1) is 20.6. The molecule has 2 rings (SSSR count). The van der Waals surface area contributed by atoms with E-state index in [9.17, 15) is 4.39 Å². The van der Waals surface area contributed by atoms with Gasteiger partial charge in [-0.2, -0.15) is 13.5 Å². The van der Waals surface area contributed by atoms with Crippen LogP contribution in [-0.4, -0.2) is 13.3 Å². The van der Waals surface area contributed by atoms with Crippen molar-refractivity contribution in [2.45, 2.75) is 33.9 Å². The zero-order valence-electron chi connectivity index (χ0n) is 12.8. The first-order valence-electron chi connectivity index (χ1n) is 7.05. The summed E-state index contributed by atoms with van der Waals surface area (Å²) in [5.41, 5.74) is 1.96. The van der Waals surface area contributed by atoms with E-state index in [2.05, 4.69) is 19.1 Å². The van der Waals surface area contributed by atoms with Crippen molar-refractivity contribution in [1.29, 1.82) is 0 Å². The molecule has 0 aliphatic carbocycles. The van der Waals surface area contributed by atoms with Crippen LogP contribution in [0.3, 0.4) is 0 Å². The predicted octanol–water partition coefficient (Wildman–Crippen LogP) is 4.72. The monoisotopic (exact) mass is 320 g/mol. The molecule has 0 N–H and O–H groups in total. The van der Waals surface area contributed by atoms with E-state index in [4.69, 9.17) is 4.74 Å². The van der Waals surface area contributed by atoms with Crippen molar-refractivity contribution >= 4 is 25.7 Å². The molecule has 0 bridgehead atoms. The van der Waals surface area contributed by atoms with E-state index in [0.717, 1.165) is 5.46 Å². The van der Waals surface area contributed by atoms with E-state index in [1.165, 1.54) is 11.6 Å². The summed E-state index contributed by atoms with van der Waals surface area (Å²) in [7, 11) is 0. The van der Waals surface area contributed by atoms with Crippen LogP contribution in [0.5, 0.6) is 5.75 Å². The molecular weight excluding hydrogens is 294 g/mol. The molecule has 0 radical (unpaired) electrons. The zero-order valence-corrected chi connectivity index (χ0v) is 13.8. The Hall–Kier alpha value is -1.42. The van der Waals surface area contributed by atoms with E-state index in [1.54, 1.807) is 0 Å². The molecule has 0 aromatic heterocycles. The highest BCUT2D eigenvalue weighted by molar-refractivity contribution is 7.59. The first-order valence-corrected chi connectivity index (χ1v) is 7.05. The summed E-state index contributed by atoms with van der Waals surface area (Å²) in [5, 5.41) is 0. The molecule has 0 heterocycles. The molecule has 120 valence electrons. The van der Waals surface area contributed by atoms with Crippen molar-refractivity contribution < 1.29 is 9.13 Å². The van der Waals surface area contributed by atoms with Gasteiger partial charge in [0.1, 0.15) is 11.6 Å². The van der Waals surface area contributed by atoms with Gasteiger partial charge in [0.2, 0.25) is 0 Å². The minimum Gasteiger partial charge on any atom is -0.493 e. The van der Waals surface area contributed by atoms with Gasteiger partial charge < -0.3 is 4.74 Å². The van der Waals surface area contributed by atoms with Gasteiger partial charge in [0.25, 0.3) is 0 Å². The van der Waals surface area contributed by atoms with Gasteiger partial charge in [0.15, 0.2) is 6.71 Å². The molecule has 1 atom stereocenters. The van der Waals surface area contributed by atoms with Crippen molar-refractivity contribution in [3.8, 4) is 5.75 Å². The van der Waals surface area contributed by atoms with Gasteiger partial charge in [0, 0.05) is 12.0 Å². The standard InChI is InChI=1S/C17H20BFO.CH4.H2S/c1-13(14-7-5-4-6-8-14)12-20-15-9-10-16(18(2)3)17(19)11-15;;/h4-11,13H,12H2,1-3H3;1H4;1H2/t13-;;/m1../s1. The van der Waals surface area contributed by atoms with Crippen molar-refractivity contribution in [1.82, 2.24) is 0 Å². The SMILES string of the molecule is C.CB(C)c1ccc(OC[C@@H](C)c2ccccc2)cc1F.S. The molecule has 0 saturated carbocycles. The van der Waals surface area contributed by atoms with E-state index < -0.39 is 0 Å². The predicted molar refractivity (Wildman–Crippen MR) is 101 cm³/mol. The van der Waals surface area contributed by atoms with Crippen LogP contribution in [0.4, 0.5) is 4.39 Å². The van der Waals surface area contributed by atoms with Crippen LogP contribution in [0.15, 0.2) is 48.5 Å². The summed E-state index contributed by atoms with van der Waals surface area (Å²) in [5.74, 6) is 0.684. The van der Waals surface area contributed by atoms with Gasteiger partial charge in [-0.15, -0.1) is 0 Å². The third-order valence-corrected chi connectivity index (χ3v) is 3.46. The van der Waals surface area contributed by atoms with Crippen LogP contribution < -0.4 is 10.2 Å². The van der Waals surface area contributed by atoms with E-state index in [0.29, 0.717) is 12.4 Å². The molecule has 2 aromatic carbocycles. The normalized spacial score (nSPS) is 10.9. The second-order valence-corrected chi connectivity index (χ2v) is 5.46. The van der Waals surface area contributed by atoms with Crippen LogP contribution in [0, 0.1) is 5.82 Å². The van der Waals surface area contributed by atoms with Crippen LogP contribution in [0.25, 0.3) is 0 Å². The Labute approximate surface area is 141 Å². The molecule has 22 heavy (non-hydrogen) atoms. The third kappa shape index (κ3) is 5.41. The topological polar surface area (TPSA) is 9.23 Å². The van der Waals surface area contributed by atoms with Crippen LogP contribution in [0.2, 0.25) is 13.6 Å². The van der Waals surface area contributed by atoms with Crippen molar-refractivity contribution in [2.75, 3.05) is 6.61 Å². The largest absolute Gasteiger partial charge is 0.493 e. The lowest BCUT2D eigenvalue weighted by Crippen LogP contribution is -2.26. The Balaban J connectivity index is 0.00000220. The number of rotatable bonds is 5. The van der Waals surface area contributed by atoms with E-state index in [1.807, 2.05) is 44.0 Å². The summed E-state index contributed by atoms with van der Waals surface area (Å²) >= 11 is 0. The fraction of sp³-hybridized carbons (Fsp3) is 0.333. The molecule has 0 spiro atoms. The summed E-state index contributed by atoms with van der Waals surface area (Å²) < 4.78 is 19.6. The van der Waals surface area contributed by atoms with E-state index >= 15 is 0 Å². The van der Waals surface area contributed by atoms with Gasteiger partial charge in [0.05, 0.1) is 6.61 Å². The maximum absolute atomic E-state index is 13.9. The summed E-state index contributed by atoms with van der Waals surface area (Å²) in [4.78, 5) is 0. The Kier molecular flexibility index (Phi) is 8.96. The Morgan fingerprint density at radius 2 is 1.73 bits per heavy atom. The first-order chi connectivity index (χ1) is 9.58. The molecule has 0 aliphatic rings.